The molecule has 0 amide bonds. The van der Waals surface area contributed by atoms with Gasteiger partial charge in [-0.3, -0.25) is 9.13 Å². The standard InChI is InChI=1S/C52H32N4O2Si/c1-5-19-39-34(15-1)35-16-2-6-20-40(35)55(39)51-32-38(53-52(54-51)56-41-21-7-3-17-36(41)37-18-4-8-22-42(37)56)33-29-30-50-46(31-33)58-45-25-11-14-28-49(45)59(50)47-26-12-9-23-43(47)57-44-24-10-13-27-48(44)59/h1-32H. The second-order valence-corrected chi connectivity index (χ2v) is 19.0. The van der Waals surface area contributed by atoms with Crippen LogP contribution >= 0.6 is 0 Å². The molecule has 8 aromatic carbocycles. The molecule has 0 unspecified atom stereocenters. The van der Waals surface area contributed by atoms with E-state index in [4.69, 9.17) is 19.4 Å². The molecule has 7 heteroatoms. The van der Waals surface area contributed by atoms with Gasteiger partial charge in [-0.25, -0.2) is 4.98 Å². The van der Waals surface area contributed by atoms with Crippen LogP contribution in [0.1, 0.15) is 0 Å². The fraction of sp³-hybridized carbons (Fsp3) is 0. The molecule has 0 fully saturated rings. The van der Waals surface area contributed by atoms with Crippen LogP contribution in [-0.4, -0.2) is 27.2 Å². The van der Waals surface area contributed by atoms with Crippen molar-refractivity contribution in [2.45, 2.75) is 0 Å². The van der Waals surface area contributed by atoms with Gasteiger partial charge in [-0.05, 0) is 69.3 Å². The van der Waals surface area contributed by atoms with E-state index in [9.17, 15) is 0 Å². The highest BCUT2D eigenvalue weighted by atomic mass is 28.3. The van der Waals surface area contributed by atoms with Crippen molar-refractivity contribution in [2.75, 3.05) is 0 Å². The lowest BCUT2D eigenvalue weighted by Crippen LogP contribution is -2.77. The van der Waals surface area contributed by atoms with Crippen LogP contribution in [0.3, 0.4) is 0 Å². The van der Waals surface area contributed by atoms with Gasteiger partial charge in [0, 0.05) is 33.2 Å². The Hall–Kier alpha value is -7.74. The number of aromatic nitrogens is 4. The number of hydrogen-bond donors (Lipinski definition) is 0. The van der Waals surface area contributed by atoms with E-state index in [2.05, 4.69) is 203 Å². The van der Waals surface area contributed by atoms with Crippen molar-refractivity contribution in [3.63, 3.8) is 0 Å². The molecule has 3 aromatic heterocycles. The second-order valence-electron chi connectivity index (χ2n) is 15.3. The molecule has 0 bridgehead atoms. The average Bonchev–Trinajstić information content (AvgIpc) is 3.82. The van der Waals surface area contributed by atoms with Gasteiger partial charge in [0.25, 0.3) is 0 Å². The van der Waals surface area contributed by atoms with Crippen molar-refractivity contribution in [1.29, 1.82) is 0 Å². The van der Waals surface area contributed by atoms with Crippen LogP contribution in [0, 0.1) is 0 Å². The Balaban J connectivity index is 1.10. The monoisotopic (exact) mass is 772 g/mol. The van der Waals surface area contributed by atoms with E-state index in [1.807, 2.05) is 0 Å². The van der Waals surface area contributed by atoms with Gasteiger partial charge >= 0.3 is 0 Å². The zero-order valence-electron chi connectivity index (χ0n) is 31.6. The highest BCUT2D eigenvalue weighted by Gasteiger charge is 2.52. The van der Waals surface area contributed by atoms with E-state index in [-0.39, 0.29) is 0 Å². The van der Waals surface area contributed by atoms with Crippen molar-refractivity contribution < 1.29 is 9.47 Å². The number of para-hydroxylation sites is 7. The molecule has 5 heterocycles. The van der Waals surface area contributed by atoms with Gasteiger partial charge in [0.15, 0.2) is 8.07 Å². The Kier molecular flexibility index (Phi) is 6.65. The van der Waals surface area contributed by atoms with Crippen molar-refractivity contribution >= 4 is 72.4 Å². The van der Waals surface area contributed by atoms with Gasteiger partial charge in [0.05, 0.1) is 27.8 Å². The normalized spacial score (nSPS) is 13.5. The Morgan fingerprint density at radius 2 is 0.763 bits per heavy atom. The van der Waals surface area contributed by atoms with Crippen molar-refractivity contribution in [1.82, 2.24) is 19.1 Å². The van der Waals surface area contributed by atoms with Gasteiger partial charge in [-0.15, -0.1) is 0 Å². The lowest BCUT2D eigenvalue weighted by Gasteiger charge is -2.43. The van der Waals surface area contributed by atoms with E-state index in [0.717, 1.165) is 72.9 Å². The smallest absolute Gasteiger partial charge is 0.237 e. The van der Waals surface area contributed by atoms with E-state index in [1.54, 1.807) is 0 Å². The minimum Gasteiger partial charge on any atom is -0.458 e. The third kappa shape index (κ3) is 4.45. The summed E-state index contributed by atoms with van der Waals surface area (Å²) in [4.78, 5) is 10.9. The van der Waals surface area contributed by atoms with Gasteiger partial charge in [-0.1, -0.05) is 140 Å². The minimum atomic E-state index is -2.90. The number of ether oxygens (including phenoxy) is 2. The summed E-state index contributed by atoms with van der Waals surface area (Å²) in [7, 11) is -2.90. The number of benzene rings is 8. The Morgan fingerprint density at radius 3 is 1.27 bits per heavy atom. The van der Waals surface area contributed by atoms with Crippen molar-refractivity contribution in [3.8, 4) is 46.0 Å². The van der Waals surface area contributed by atoms with Crippen molar-refractivity contribution in [3.05, 3.63) is 194 Å². The van der Waals surface area contributed by atoms with Gasteiger partial charge < -0.3 is 9.47 Å². The average molecular weight is 773 g/mol. The third-order valence-corrected chi connectivity index (χ3v) is 17.2. The van der Waals surface area contributed by atoms with Gasteiger partial charge in [0.1, 0.15) is 28.8 Å². The molecular weight excluding hydrogens is 741 g/mol. The summed E-state index contributed by atoms with van der Waals surface area (Å²) in [6, 6.07) is 68.6. The predicted octanol–water partition coefficient (Wildman–Crippen LogP) is 9.93. The number of fused-ring (bicyclic) bond motifs is 14. The van der Waals surface area contributed by atoms with E-state index in [0.29, 0.717) is 5.95 Å². The summed E-state index contributed by atoms with van der Waals surface area (Å²) in [6.45, 7) is 0. The molecule has 2 aliphatic rings. The maximum absolute atomic E-state index is 6.97. The van der Waals surface area contributed by atoms with E-state index < -0.39 is 8.07 Å². The topological polar surface area (TPSA) is 54.1 Å². The van der Waals surface area contributed by atoms with Gasteiger partial charge in [0.2, 0.25) is 5.95 Å². The lowest BCUT2D eigenvalue weighted by atomic mass is 10.1. The second kappa shape index (κ2) is 12.1. The SMILES string of the molecule is c1ccc2c(c1)Oc1ccccc1[Si]21c2ccccc2Oc2cc(-c3cc(-n4c5ccccc5c5ccccc54)nc(-n4c5ccccc5c5ccccc54)n3)ccc21. The van der Waals surface area contributed by atoms with Crippen LogP contribution in [0.2, 0.25) is 0 Å². The number of hydrogen-bond acceptors (Lipinski definition) is 4. The first-order valence-electron chi connectivity index (χ1n) is 19.9. The number of rotatable bonds is 3. The van der Waals surface area contributed by atoms with Crippen LogP contribution in [0.5, 0.6) is 23.0 Å². The molecule has 59 heavy (non-hydrogen) atoms. The summed E-state index contributed by atoms with van der Waals surface area (Å²) in [6.07, 6.45) is 0. The van der Waals surface area contributed by atoms with Crippen LogP contribution < -0.4 is 30.2 Å². The van der Waals surface area contributed by atoms with Crippen molar-refractivity contribution in [2.24, 2.45) is 0 Å². The zero-order valence-corrected chi connectivity index (χ0v) is 32.6. The van der Waals surface area contributed by atoms with Gasteiger partial charge in [-0.2, -0.15) is 4.98 Å². The van der Waals surface area contributed by atoms with Crippen LogP contribution in [0.4, 0.5) is 0 Å². The molecule has 11 aromatic rings. The molecule has 0 N–H and O–H groups in total. The quantitative estimate of drug-likeness (QED) is 0.168. The minimum absolute atomic E-state index is 0.596. The molecular formula is C52H32N4O2Si. The Morgan fingerprint density at radius 1 is 0.356 bits per heavy atom. The Labute approximate surface area is 339 Å². The van der Waals surface area contributed by atoms with E-state index in [1.165, 1.54) is 31.5 Å². The summed E-state index contributed by atoms with van der Waals surface area (Å²) in [5.74, 6) is 4.87. The first kappa shape index (κ1) is 32.4. The number of nitrogens with zero attached hydrogens (tertiary/aromatic N) is 4. The highest BCUT2D eigenvalue weighted by Crippen LogP contribution is 2.39. The first-order valence-corrected chi connectivity index (χ1v) is 21.9. The maximum atomic E-state index is 6.97. The summed E-state index contributed by atoms with van der Waals surface area (Å²) >= 11 is 0. The molecule has 0 atom stereocenters. The predicted molar refractivity (Wildman–Crippen MR) is 240 cm³/mol. The summed E-state index contributed by atoms with van der Waals surface area (Å²) in [5.41, 5.74) is 6.00. The van der Waals surface area contributed by atoms with Crippen LogP contribution in [0.25, 0.3) is 66.6 Å². The molecule has 0 aliphatic carbocycles. The Bertz CT molecular complexity index is 3250. The molecule has 0 saturated heterocycles. The molecule has 0 saturated carbocycles. The zero-order chi connectivity index (χ0) is 38.7. The van der Waals surface area contributed by atoms with Crippen LogP contribution in [-0.2, 0) is 0 Å². The molecule has 13 rings (SSSR count). The molecule has 6 nitrogen and oxygen atoms in total. The molecule has 276 valence electrons. The highest BCUT2D eigenvalue weighted by molar-refractivity contribution is 7.21. The summed E-state index contributed by atoms with van der Waals surface area (Å²) in [5, 5.41) is 9.49. The molecule has 2 aliphatic heterocycles. The largest absolute Gasteiger partial charge is 0.458 e. The fourth-order valence-corrected chi connectivity index (χ4v) is 15.0. The molecule has 0 radical (unpaired) electrons. The first-order chi connectivity index (χ1) is 29.3. The van der Waals surface area contributed by atoms with Crippen LogP contribution in [0.15, 0.2) is 194 Å². The summed E-state index contributed by atoms with van der Waals surface area (Å²) < 4.78 is 18.1. The fourth-order valence-electron chi connectivity index (χ4n) is 9.87. The van der Waals surface area contributed by atoms with E-state index >= 15 is 0 Å². The molecule has 1 spiro atoms. The lowest BCUT2D eigenvalue weighted by molar-refractivity contribution is 0.482. The maximum Gasteiger partial charge on any atom is 0.237 e. The third-order valence-electron chi connectivity index (χ3n) is 12.3.